The van der Waals surface area contributed by atoms with Crippen molar-refractivity contribution < 1.29 is 45.1 Å². The molecule has 2 fully saturated rings. The normalized spacial score (nSPS) is 26.8. The van der Waals surface area contributed by atoms with Crippen molar-refractivity contribution in [1.82, 2.24) is 4.90 Å². The maximum absolute atomic E-state index is 13.8. The van der Waals surface area contributed by atoms with Crippen LogP contribution >= 0.6 is 0 Å². The molecule has 5 atom stereocenters. The highest BCUT2D eigenvalue weighted by Gasteiger charge is 2.55. The molecule has 0 bridgehead atoms. The van der Waals surface area contributed by atoms with E-state index in [0.29, 0.717) is 37.0 Å². The lowest BCUT2D eigenvalue weighted by molar-refractivity contribution is -0.148. The summed E-state index contributed by atoms with van der Waals surface area (Å²) in [4.78, 5) is 26.3. The van der Waals surface area contributed by atoms with Crippen LogP contribution in [0.15, 0.2) is 42.5 Å². The summed E-state index contributed by atoms with van der Waals surface area (Å²) >= 11 is 0. The summed E-state index contributed by atoms with van der Waals surface area (Å²) in [6.45, 7) is 4.48. The average molecular weight is 560 g/mol. The number of carbonyl (C=O) groups excluding carboxylic acids is 2. The maximum atomic E-state index is 13.8. The molecule has 4 rings (SSSR count). The van der Waals surface area contributed by atoms with Gasteiger partial charge in [-0.25, -0.2) is 4.39 Å². The number of imide groups is 1. The molecule has 39 heavy (non-hydrogen) atoms. The molecular weight excluding hydrogens is 531 g/mol. The van der Waals surface area contributed by atoms with Crippen LogP contribution < -0.4 is 0 Å². The Morgan fingerprint density at radius 3 is 2.08 bits per heavy atom. The lowest BCUT2D eigenvalue weighted by atomic mass is 9.73. The van der Waals surface area contributed by atoms with Gasteiger partial charge < -0.3 is 4.74 Å². The molecule has 11 heteroatoms. The molecule has 2 aromatic carbocycles. The Morgan fingerprint density at radius 2 is 1.56 bits per heavy atom. The highest BCUT2D eigenvalue weighted by Crippen LogP contribution is 2.53. The third kappa shape index (κ3) is 5.69. The number of alkyl halides is 6. The average Bonchev–Trinajstić information content (AvgIpc) is 3.39. The molecule has 1 unspecified atom stereocenters. The predicted octanol–water partition coefficient (Wildman–Crippen LogP) is 7.43. The van der Waals surface area contributed by atoms with E-state index < -0.39 is 58.9 Å². The van der Waals surface area contributed by atoms with Gasteiger partial charge in [-0.2, -0.15) is 26.3 Å². The van der Waals surface area contributed by atoms with Crippen LogP contribution in [0.25, 0.3) is 0 Å². The van der Waals surface area contributed by atoms with E-state index in [9.17, 15) is 40.3 Å². The first-order valence-corrected chi connectivity index (χ1v) is 12.6. The van der Waals surface area contributed by atoms with Crippen LogP contribution in [0.2, 0.25) is 0 Å². The Bertz CT molecular complexity index is 1210. The first-order chi connectivity index (χ1) is 18.0. The van der Waals surface area contributed by atoms with Gasteiger partial charge in [0.1, 0.15) is 5.82 Å². The van der Waals surface area contributed by atoms with Crippen molar-refractivity contribution in [3.8, 4) is 0 Å². The molecule has 2 aromatic rings. The topological polar surface area (TPSA) is 46.6 Å². The Labute approximate surface area is 221 Å². The minimum atomic E-state index is -5.00. The Balaban J connectivity index is 1.71. The first-order valence-electron chi connectivity index (χ1n) is 12.6. The standard InChI is InChI=1S/C28H28F7NO3/c1-15(18-12-19(27(30,31)32)14-20(13-18)28(33,34)35)39-23-9-8-22(25(23)17-4-6-21(29)7-5-17)26(3)11-10-24(38)36(26)16(2)37/h4-7,12-15,22-23,25H,8-11H2,1-3H3/t15-,22-,23+,25+,26?/m1/s1. The van der Waals surface area contributed by atoms with Crippen LogP contribution in [0.4, 0.5) is 30.7 Å². The van der Waals surface area contributed by atoms with Crippen molar-refractivity contribution >= 4 is 11.8 Å². The number of amides is 2. The van der Waals surface area contributed by atoms with E-state index in [-0.39, 0.29) is 29.9 Å². The van der Waals surface area contributed by atoms with E-state index in [1.54, 1.807) is 19.1 Å². The second-order valence-corrected chi connectivity index (χ2v) is 10.5. The van der Waals surface area contributed by atoms with Crippen LogP contribution in [0.3, 0.4) is 0 Å². The second kappa shape index (κ2) is 10.2. The summed E-state index contributed by atoms with van der Waals surface area (Å²) in [7, 11) is 0. The summed E-state index contributed by atoms with van der Waals surface area (Å²) in [5, 5.41) is 0. The fraction of sp³-hybridized carbons (Fsp3) is 0.500. The zero-order chi connectivity index (χ0) is 28.9. The van der Waals surface area contributed by atoms with Crippen LogP contribution in [0.5, 0.6) is 0 Å². The second-order valence-electron chi connectivity index (χ2n) is 10.5. The third-order valence-corrected chi connectivity index (χ3v) is 8.03. The van der Waals surface area contributed by atoms with Crippen LogP contribution in [0, 0.1) is 11.7 Å². The van der Waals surface area contributed by atoms with Gasteiger partial charge in [0.25, 0.3) is 0 Å². The Hall–Kier alpha value is -2.95. The molecule has 212 valence electrons. The van der Waals surface area contributed by atoms with Crippen molar-refractivity contribution in [1.29, 1.82) is 0 Å². The molecular formula is C28H28F7NO3. The molecule has 0 N–H and O–H groups in total. The lowest BCUT2D eigenvalue weighted by Gasteiger charge is -2.42. The predicted molar refractivity (Wildman–Crippen MR) is 127 cm³/mol. The molecule has 0 radical (unpaired) electrons. The number of rotatable bonds is 5. The molecule has 1 aliphatic carbocycles. The van der Waals surface area contributed by atoms with Crippen molar-refractivity contribution in [2.75, 3.05) is 0 Å². The van der Waals surface area contributed by atoms with Crippen LogP contribution in [-0.4, -0.2) is 28.4 Å². The maximum Gasteiger partial charge on any atom is 0.416 e. The highest BCUT2D eigenvalue weighted by atomic mass is 19.4. The molecule has 1 saturated carbocycles. The number of hydrogen-bond acceptors (Lipinski definition) is 3. The number of likely N-dealkylation sites (tertiary alicyclic amines) is 1. The van der Waals surface area contributed by atoms with Crippen LogP contribution in [0.1, 0.15) is 80.7 Å². The molecule has 0 spiro atoms. The highest BCUT2D eigenvalue weighted by molar-refractivity contribution is 5.97. The molecule has 1 saturated heterocycles. The van der Waals surface area contributed by atoms with Gasteiger partial charge in [-0.05, 0) is 80.5 Å². The summed E-state index contributed by atoms with van der Waals surface area (Å²) < 4.78 is 100. The number of nitrogens with zero attached hydrogens (tertiary/aromatic N) is 1. The minimum Gasteiger partial charge on any atom is -0.370 e. The molecule has 2 amide bonds. The molecule has 1 heterocycles. The summed E-state index contributed by atoms with van der Waals surface area (Å²) in [5.74, 6) is -2.06. The van der Waals surface area contributed by atoms with Crippen molar-refractivity contribution in [3.63, 3.8) is 0 Å². The zero-order valence-corrected chi connectivity index (χ0v) is 21.5. The molecule has 0 aromatic heterocycles. The van der Waals surface area contributed by atoms with Crippen LogP contribution in [-0.2, 0) is 26.7 Å². The van der Waals surface area contributed by atoms with E-state index in [4.69, 9.17) is 4.74 Å². The molecule has 2 aliphatic rings. The first kappa shape index (κ1) is 29.0. The van der Waals surface area contributed by atoms with Gasteiger partial charge >= 0.3 is 12.4 Å². The van der Waals surface area contributed by atoms with Gasteiger partial charge in [0.15, 0.2) is 0 Å². The number of carbonyl (C=O) groups is 2. The van der Waals surface area contributed by atoms with Gasteiger partial charge in [-0.15, -0.1) is 0 Å². The van der Waals surface area contributed by atoms with Crippen molar-refractivity contribution in [2.24, 2.45) is 5.92 Å². The van der Waals surface area contributed by atoms with Gasteiger partial charge in [0, 0.05) is 19.3 Å². The quantitative estimate of drug-likeness (QED) is 0.358. The third-order valence-electron chi connectivity index (χ3n) is 8.03. The minimum absolute atomic E-state index is 0.0669. The van der Waals surface area contributed by atoms with E-state index >= 15 is 0 Å². The number of halogens is 7. The van der Waals surface area contributed by atoms with E-state index in [1.807, 2.05) is 0 Å². The lowest BCUT2D eigenvalue weighted by Crippen LogP contribution is -2.52. The van der Waals surface area contributed by atoms with Gasteiger partial charge in [0.2, 0.25) is 11.8 Å². The fourth-order valence-corrected chi connectivity index (χ4v) is 6.25. The van der Waals surface area contributed by atoms with Crippen molar-refractivity contribution in [2.45, 2.75) is 82.5 Å². The Morgan fingerprint density at radius 1 is 1.00 bits per heavy atom. The summed E-state index contributed by atoms with van der Waals surface area (Å²) in [6.07, 6.45) is -10.4. The fourth-order valence-electron chi connectivity index (χ4n) is 6.25. The van der Waals surface area contributed by atoms with Gasteiger partial charge in [-0.3, -0.25) is 14.5 Å². The largest absolute Gasteiger partial charge is 0.416 e. The molecule has 4 nitrogen and oxygen atoms in total. The Kier molecular flexibility index (Phi) is 7.61. The monoisotopic (exact) mass is 559 g/mol. The number of ether oxygens (including phenoxy) is 1. The summed E-state index contributed by atoms with van der Waals surface area (Å²) in [6, 6.07) is 6.95. The van der Waals surface area contributed by atoms with Gasteiger partial charge in [-0.1, -0.05) is 12.1 Å². The van der Waals surface area contributed by atoms with Crippen molar-refractivity contribution in [3.05, 3.63) is 70.5 Å². The number of benzene rings is 2. The summed E-state index contributed by atoms with van der Waals surface area (Å²) in [5.41, 5.74) is -3.40. The SMILES string of the molecule is CC(=O)N1C(=O)CCC1(C)[C@@H]1CC[C@H](O[C@H](C)c2cc(C(F)(F)F)cc(C(F)(F)F)c2)[C@H]1c1ccc(F)cc1. The van der Waals surface area contributed by atoms with Gasteiger partial charge in [0.05, 0.1) is 28.9 Å². The van der Waals surface area contributed by atoms with E-state index in [1.165, 1.54) is 30.9 Å². The number of hydrogen-bond donors (Lipinski definition) is 0. The van der Waals surface area contributed by atoms with E-state index in [0.717, 1.165) is 0 Å². The zero-order valence-electron chi connectivity index (χ0n) is 21.5. The molecule has 1 aliphatic heterocycles. The smallest absolute Gasteiger partial charge is 0.370 e. The van der Waals surface area contributed by atoms with E-state index in [2.05, 4.69) is 0 Å².